The summed E-state index contributed by atoms with van der Waals surface area (Å²) in [7, 11) is 1.79. The molecule has 0 spiro atoms. The van der Waals surface area contributed by atoms with E-state index in [-0.39, 0.29) is 0 Å². The van der Waals surface area contributed by atoms with E-state index in [0.717, 1.165) is 13.0 Å². The largest absolute Gasteiger partial charge is 0.385 e. The minimum Gasteiger partial charge on any atom is -0.385 e. The SMILES string of the molecule is CCCN(CC1CCCCN1)C(C)CCOC. The van der Waals surface area contributed by atoms with Gasteiger partial charge in [-0.15, -0.1) is 0 Å². The summed E-state index contributed by atoms with van der Waals surface area (Å²) in [6.07, 6.45) is 6.47. The molecule has 2 unspecified atom stereocenters. The Labute approximate surface area is 107 Å². The zero-order valence-corrected chi connectivity index (χ0v) is 11.9. The Morgan fingerprint density at radius 1 is 1.41 bits per heavy atom. The van der Waals surface area contributed by atoms with Crippen molar-refractivity contribution in [2.45, 2.75) is 58.0 Å². The van der Waals surface area contributed by atoms with Crippen molar-refractivity contribution in [2.24, 2.45) is 0 Å². The van der Waals surface area contributed by atoms with Crippen molar-refractivity contribution in [1.29, 1.82) is 0 Å². The number of ether oxygens (including phenoxy) is 1. The smallest absolute Gasteiger partial charge is 0.0477 e. The normalized spacial score (nSPS) is 22.9. The molecule has 0 bridgehead atoms. The molecule has 0 aromatic rings. The van der Waals surface area contributed by atoms with Crippen LogP contribution in [0.25, 0.3) is 0 Å². The van der Waals surface area contributed by atoms with Crippen molar-refractivity contribution >= 4 is 0 Å². The molecule has 0 amide bonds. The molecule has 0 aromatic carbocycles. The van der Waals surface area contributed by atoms with Crippen molar-refractivity contribution in [3.8, 4) is 0 Å². The minimum absolute atomic E-state index is 0.638. The molecule has 17 heavy (non-hydrogen) atoms. The second-order valence-corrected chi connectivity index (χ2v) is 5.27. The van der Waals surface area contributed by atoms with E-state index in [2.05, 4.69) is 24.1 Å². The van der Waals surface area contributed by atoms with Crippen LogP contribution in [-0.2, 0) is 4.74 Å². The summed E-state index contributed by atoms with van der Waals surface area (Å²) in [5.41, 5.74) is 0. The van der Waals surface area contributed by atoms with Crippen LogP contribution in [0.15, 0.2) is 0 Å². The van der Waals surface area contributed by atoms with Crippen LogP contribution in [0.1, 0.15) is 46.0 Å². The van der Waals surface area contributed by atoms with Crippen molar-refractivity contribution < 1.29 is 4.74 Å². The zero-order valence-electron chi connectivity index (χ0n) is 11.9. The zero-order chi connectivity index (χ0) is 12.5. The number of piperidine rings is 1. The second-order valence-electron chi connectivity index (χ2n) is 5.27. The maximum atomic E-state index is 5.19. The molecule has 3 nitrogen and oxygen atoms in total. The average molecular weight is 242 g/mol. The molecule has 1 N–H and O–H groups in total. The Bertz CT molecular complexity index is 181. The van der Waals surface area contributed by atoms with Crippen LogP contribution in [0.4, 0.5) is 0 Å². The van der Waals surface area contributed by atoms with Crippen LogP contribution in [0, 0.1) is 0 Å². The maximum Gasteiger partial charge on any atom is 0.0477 e. The van der Waals surface area contributed by atoms with Crippen LogP contribution in [0.3, 0.4) is 0 Å². The Hall–Kier alpha value is -0.120. The first-order chi connectivity index (χ1) is 8.27. The summed E-state index contributed by atoms with van der Waals surface area (Å²) in [5, 5.41) is 3.65. The lowest BCUT2D eigenvalue weighted by atomic mass is 10.0. The first kappa shape index (κ1) is 14.9. The Morgan fingerprint density at radius 2 is 2.24 bits per heavy atom. The molecule has 2 atom stereocenters. The van der Waals surface area contributed by atoms with Gasteiger partial charge in [0.25, 0.3) is 0 Å². The first-order valence-corrected chi connectivity index (χ1v) is 7.24. The molecule has 0 saturated carbocycles. The molecule has 1 saturated heterocycles. The maximum absolute atomic E-state index is 5.19. The molecule has 102 valence electrons. The van der Waals surface area contributed by atoms with Crippen LogP contribution in [0.2, 0.25) is 0 Å². The van der Waals surface area contributed by atoms with Gasteiger partial charge in [0.2, 0.25) is 0 Å². The molecule has 1 heterocycles. The predicted octanol–water partition coefficient (Wildman–Crippen LogP) is 2.27. The fourth-order valence-corrected chi connectivity index (χ4v) is 2.61. The highest BCUT2D eigenvalue weighted by atomic mass is 16.5. The van der Waals surface area contributed by atoms with E-state index in [1.54, 1.807) is 7.11 Å². The highest BCUT2D eigenvalue weighted by molar-refractivity contribution is 4.78. The van der Waals surface area contributed by atoms with Crippen molar-refractivity contribution in [3.05, 3.63) is 0 Å². The van der Waals surface area contributed by atoms with Crippen LogP contribution in [-0.4, -0.2) is 50.3 Å². The fourth-order valence-electron chi connectivity index (χ4n) is 2.61. The van der Waals surface area contributed by atoms with Gasteiger partial charge in [0.05, 0.1) is 0 Å². The summed E-state index contributed by atoms with van der Waals surface area (Å²) in [5.74, 6) is 0. The summed E-state index contributed by atoms with van der Waals surface area (Å²) in [6.45, 7) is 9.10. The molecule has 1 aliphatic heterocycles. The average Bonchev–Trinajstić information content (AvgIpc) is 2.36. The summed E-state index contributed by atoms with van der Waals surface area (Å²) in [4.78, 5) is 2.63. The topological polar surface area (TPSA) is 24.5 Å². The van der Waals surface area contributed by atoms with Gasteiger partial charge in [-0.05, 0) is 45.7 Å². The highest BCUT2D eigenvalue weighted by Gasteiger charge is 2.19. The van der Waals surface area contributed by atoms with Crippen molar-refractivity contribution in [3.63, 3.8) is 0 Å². The van der Waals surface area contributed by atoms with E-state index < -0.39 is 0 Å². The van der Waals surface area contributed by atoms with Gasteiger partial charge in [-0.2, -0.15) is 0 Å². The summed E-state index contributed by atoms with van der Waals surface area (Å²) < 4.78 is 5.19. The molecule has 3 heteroatoms. The third kappa shape index (κ3) is 5.84. The van der Waals surface area contributed by atoms with Gasteiger partial charge < -0.3 is 10.1 Å². The van der Waals surface area contributed by atoms with E-state index in [0.29, 0.717) is 12.1 Å². The molecule has 1 rings (SSSR count). The standard InChI is InChI=1S/C14H30N2O/c1-4-10-16(13(2)8-11-17-3)12-14-7-5-6-9-15-14/h13-15H,4-12H2,1-3H3. The number of hydrogen-bond donors (Lipinski definition) is 1. The molecule has 1 fully saturated rings. The van der Waals surface area contributed by atoms with E-state index in [4.69, 9.17) is 4.74 Å². The van der Waals surface area contributed by atoms with E-state index in [1.807, 2.05) is 0 Å². The molecular formula is C14H30N2O. The lowest BCUT2D eigenvalue weighted by Gasteiger charge is -2.34. The van der Waals surface area contributed by atoms with Crippen molar-refractivity contribution in [2.75, 3.05) is 33.4 Å². The predicted molar refractivity (Wildman–Crippen MR) is 73.5 cm³/mol. The van der Waals surface area contributed by atoms with Crippen molar-refractivity contribution in [1.82, 2.24) is 10.2 Å². The summed E-state index contributed by atoms with van der Waals surface area (Å²) >= 11 is 0. The van der Waals surface area contributed by atoms with Gasteiger partial charge in [0.1, 0.15) is 0 Å². The lowest BCUT2D eigenvalue weighted by molar-refractivity contribution is 0.125. The van der Waals surface area contributed by atoms with E-state index in [9.17, 15) is 0 Å². The number of nitrogens with one attached hydrogen (secondary N) is 1. The number of rotatable bonds is 8. The second kappa shape index (κ2) is 8.90. The van der Waals surface area contributed by atoms with Gasteiger partial charge in [-0.25, -0.2) is 0 Å². The van der Waals surface area contributed by atoms with Gasteiger partial charge >= 0.3 is 0 Å². The Kier molecular flexibility index (Phi) is 7.82. The molecule has 1 aliphatic rings. The quantitative estimate of drug-likeness (QED) is 0.706. The minimum atomic E-state index is 0.638. The fraction of sp³-hybridized carbons (Fsp3) is 1.00. The van der Waals surface area contributed by atoms with Gasteiger partial charge in [-0.1, -0.05) is 13.3 Å². The van der Waals surface area contributed by atoms with Crippen LogP contribution in [0.5, 0.6) is 0 Å². The number of methoxy groups -OCH3 is 1. The summed E-state index contributed by atoms with van der Waals surface area (Å²) in [6, 6.07) is 1.35. The van der Waals surface area contributed by atoms with Crippen LogP contribution < -0.4 is 5.32 Å². The van der Waals surface area contributed by atoms with Gasteiger partial charge in [-0.3, -0.25) is 4.90 Å². The molecule has 0 aliphatic carbocycles. The third-order valence-corrected chi connectivity index (χ3v) is 3.74. The number of hydrogen-bond acceptors (Lipinski definition) is 3. The van der Waals surface area contributed by atoms with Gasteiger partial charge in [0, 0.05) is 32.3 Å². The lowest BCUT2D eigenvalue weighted by Crippen LogP contribution is -2.47. The Balaban J connectivity index is 2.34. The van der Waals surface area contributed by atoms with E-state index >= 15 is 0 Å². The molecule has 0 aromatic heterocycles. The van der Waals surface area contributed by atoms with E-state index in [1.165, 1.54) is 45.3 Å². The Morgan fingerprint density at radius 3 is 2.82 bits per heavy atom. The van der Waals surface area contributed by atoms with Gasteiger partial charge in [0.15, 0.2) is 0 Å². The van der Waals surface area contributed by atoms with Crippen LogP contribution >= 0.6 is 0 Å². The molecular weight excluding hydrogens is 212 g/mol. The number of nitrogens with zero attached hydrogens (tertiary/aromatic N) is 1. The molecule has 0 radical (unpaired) electrons. The highest BCUT2D eigenvalue weighted by Crippen LogP contribution is 2.12. The third-order valence-electron chi connectivity index (χ3n) is 3.74. The first-order valence-electron chi connectivity index (χ1n) is 7.24. The monoisotopic (exact) mass is 242 g/mol.